The van der Waals surface area contributed by atoms with Crippen LogP contribution in [0.3, 0.4) is 0 Å². The summed E-state index contributed by atoms with van der Waals surface area (Å²) in [5, 5.41) is 0.581. The van der Waals surface area contributed by atoms with Crippen LogP contribution >= 0.6 is 11.6 Å². The SMILES string of the molecule is CCn1c(COC(=O)/C=C/c2cccc(Cl)c2)nc2cc(S(=O)(=O)N(C)C)ccc21. The third-order valence-electron chi connectivity index (χ3n) is 4.50. The van der Waals surface area contributed by atoms with Crippen LogP contribution in [0.25, 0.3) is 17.1 Å². The van der Waals surface area contributed by atoms with Crippen molar-refractivity contribution in [3.05, 3.63) is 65.0 Å². The number of sulfonamides is 1. The number of nitrogens with zero attached hydrogens (tertiary/aromatic N) is 3. The van der Waals surface area contributed by atoms with Crippen LogP contribution in [0.2, 0.25) is 5.02 Å². The highest BCUT2D eigenvalue weighted by Crippen LogP contribution is 2.22. The van der Waals surface area contributed by atoms with E-state index in [2.05, 4.69) is 4.98 Å². The molecule has 3 aromatic rings. The Bertz CT molecular complexity index is 1220. The number of fused-ring (bicyclic) bond motifs is 1. The van der Waals surface area contributed by atoms with E-state index in [9.17, 15) is 13.2 Å². The van der Waals surface area contributed by atoms with Gasteiger partial charge in [-0.05, 0) is 48.9 Å². The zero-order valence-electron chi connectivity index (χ0n) is 16.9. The van der Waals surface area contributed by atoms with E-state index < -0.39 is 16.0 Å². The molecular weight excluding hydrogens is 426 g/mol. The van der Waals surface area contributed by atoms with E-state index in [-0.39, 0.29) is 11.5 Å². The molecule has 7 nitrogen and oxygen atoms in total. The van der Waals surface area contributed by atoms with Gasteiger partial charge in [-0.1, -0.05) is 23.7 Å². The van der Waals surface area contributed by atoms with Crippen LogP contribution in [-0.2, 0) is 32.7 Å². The van der Waals surface area contributed by atoms with Crippen LogP contribution in [-0.4, -0.2) is 42.3 Å². The summed E-state index contributed by atoms with van der Waals surface area (Å²) in [4.78, 5) is 16.7. The molecule has 0 unspecified atom stereocenters. The number of aromatic nitrogens is 2. The molecule has 9 heteroatoms. The molecule has 3 rings (SSSR count). The van der Waals surface area contributed by atoms with Gasteiger partial charge in [0.1, 0.15) is 12.4 Å². The van der Waals surface area contributed by atoms with Gasteiger partial charge in [0.15, 0.2) is 0 Å². The summed E-state index contributed by atoms with van der Waals surface area (Å²) in [7, 11) is -0.605. The highest BCUT2D eigenvalue weighted by molar-refractivity contribution is 7.89. The Morgan fingerprint density at radius 3 is 2.67 bits per heavy atom. The number of esters is 1. The lowest BCUT2D eigenvalue weighted by atomic mass is 10.2. The molecule has 0 atom stereocenters. The number of hydrogen-bond acceptors (Lipinski definition) is 5. The summed E-state index contributed by atoms with van der Waals surface area (Å²) in [6, 6.07) is 11.9. The van der Waals surface area contributed by atoms with E-state index in [1.54, 1.807) is 36.4 Å². The molecule has 0 N–H and O–H groups in total. The van der Waals surface area contributed by atoms with Gasteiger partial charge in [-0.2, -0.15) is 0 Å². The molecule has 0 aliphatic rings. The number of carbonyl (C=O) groups excluding carboxylic acids is 1. The molecule has 1 heterocycles. The van der Waals surface area contributed by atoms with Gasteiger partial charge in [-0.3, -0.25) is 0 Å². The monoisotopic (exact) mass is 447 g/mol. The largest absolute Gasteiger partial charge is 0.454 e. The van der Waals surface area contributed by atoms with Gasteiger partial charge in [0.2, 0.25) is 10.0 Å². The summed E-state index contributed by atoms with van der Waals surface area (Å²) in [6.07, 6.45) is 2.95. The first-order valence-electron chi connectivity index (χ1n) is 9.24. The molecular formula is C21H22ClN3O4S. The van der Waals surface area contributed by atoms with Gasteiger partial charge in [-0.25, -0.2) is 22.5 Å². The maximum atomic E-state index is 12.4. The van der Waals surface area contributed by atoms with Crippen molar-refractivity contribution in [2.24, 2.45) is 0 Å². The minimum Gasteiger partial charge on any atom is -0.454 e. The van der Waals surface area contributed by atoms with Gasteiger partial charge in [0, 0.05) is 31.7 Å². The lowest BCUT2D eigenvalue weighted by Crippen LogP contribution is -2.22. The second kappa shape index (κ2) is 8.99. The molecule has 2 aromatic carbocycles. The number of ether oxygens (including phenoxy) is 1. The van der Waals surface area contributed by atoms with Crippen molar-refractivity contribution < 1.29 is 17.9 Å². The zero-order valence-corrected chi connectivity index (χ0v) is 18.4. The summed E-state index contributed by atoms with van der Waals surface area (Å²) in [5.74, 6) is 0.0250. The number of benzene rings is 2. The van der Waals surface area contributed by atoms with Gasteiger partial charge in [-0.15, -0.1) is 0 Å². The molecule has 0 bridgehead atoms. The second-order valence-electron chi connectivity index (χ2n) is 6.71. The van der Waals surface area contributed by atoms with Crippen LogP contribution in [0.1, 0.15) is 18.3 Å². The van der Waals surface area contributed by atoms with Gasteiger partial charge >= 0.3 is 5.97 Å². The molecule has 0 amide bonds. The van der Waals surface area contributed by atoms with Crippen LogP contribution < -0.4 is 0 Å². The van der Waals surface area contributed by atoms with Crippen molar-refractivity contribution in [2.45, 2.75) is 25.0 Å². The average molecular weight is 448 g/mol. The molecule has 0 aliphatic heterocycles. The fraction of sp³-hybridized carbons (Fsp3) is 0.238. The van der Waals surface area contributed by atoms with Crippen LogP contribution in [0.4, 0.5) is 0 Å². The molecule has 30 heavy (non-hydrogen) atoms. The number of rotatable bonds is 7. The normalized spacial score (nSPS) is 12.2. The van der Waals surface area contributed by atoms with E-state index in [0.29, 0.717) is 22.9 Å². The maximum absolute atomic E-state index is 12.4. The fourth-order valence-electron chi connectivity index (χ4n) is 2.95. The smallest absolute Gasteiger partial charge is 0.331 e. The molecule has 0 aliphatic carbocycles. The molecule has 0 saturated heterocycles. The Balaban J connectivity index is 1.79. The fourth-order valence-corrected chi connectivity index (χ4v) is 4.07. The van der Waals surface area contributed by atoms with Crippen LogP contribution in [0.5, 0.6) is 0 Å². The molecule has 0 spiro atoms. The zero-order chi connectivity index (χ0) is 21.9. The third-order valence-corrected chi connectivity index (χ3v) is 6.54. The highest BCUT2D eigenvalue weighted by Gasteiger charge is 2.19. The van der Waals surface area contributed by atoms with Crippen molar-refractivity contribution in [1.82, 2.24) is 13.9 Å². The minimum absolute atomic E-state index is 0.0308. The first kappa shape index (κ1) is 22.0. The quantitative estimate of drug-likeness (QED) is 0.407. The maximum Gasteiger partial charge on any atom is 0.331 e. The number of carbonyl (C=O) groups is 1. The van der Waals surface area contributed by atoms with Crippen molar-refractivity contribution in [3.63, 3.8) is 0 Å². The number of aryl methyl sites for hydroxylation is 1. The van der Waals surface area contributed by atoms with Crippen molar-refractivity contribution in [2.75, 3.05) is 14.1 Å². The Morgan fingerprint density at radius 1 is 1.23 bits per heavy atom. The molecule has 158 valence electrons. The summed E-state index contributed by atoms with van der Waals surface area (Å²) in [5.41, 5.74) is 2.09. The first-order valence-corrected chi connectivity index (χ1v) is 11.1. The average Bonchev–Trinajstić information content (AvgIpc) is 3.07. The summed E-state index contributed by atoms with van der Waals surface area (Å²) < 4.78 is 33.1. The van der Waals surface area contributed by atoms with Gasteiger partial charge < -0.3 is 9.30 Å². The third kappa shape index (κ3) is 4.72. The Labute approximate surface area is 180 Å². The van der Waals surface area contributed by atoms with Gasteiger partial charge in [0.05, 0.1) is 15.9 Å². The first-order chi connectivity index (χ1) is 14.2. The Kier molecular flexibility index (Phi) is 6.60. The van der Waals surface area contributed by atoms with Crippen molar-refractivity contribution >= 4 is 44.7 Å². The number of hydrogen-bond donors (Lipinski definition) is 0. The lowest BCUT2D eigenvalue weighted by Gasteiger charge is -2.11. The Hall–Kier alpha value is -2.68. The number of imidazole rings is 1. The second-order valence-corrected chi connectivity index (χ2v) is 9.29. The standard InChI is InChI=1S/C21H22ClN3O4S/c1-4-25-19-10-9-17(30(27,28)24(2)3)13-18(19)23-20(25)14-29-21(26)11-8-15-6-5-7-16(22)12-15/h5-13H,4,14H2,1-3H3/b11-8+. The van der Waals surface area contributed by atoms with Crippen molar-refractivity contribution in [1.29, 1.82) is 0 Å². The minimum atomic E-state index is -3.56. The molecule has 0 saturated carbocycles. The summed E-state index contributed by atoms with van der Waals surface area (Å²) in [6.45, 7) is 2.51. The Morgan fingerprint density at radius 2 is 2.00 bits per heavy atom. The van der Waals surface area contributed by atoms with E-state index in [0.717, 1.165) is 15.4 Å². The van der Waals surface area contributed by atoms with Crippen LogP contribution in [0.15, 0.2) is 53.4 Å². The predicted molar refractivity (Wildman–Crippen MR) is 117 cm³/mol. The van der Waals surface area contributed by atoms with E-state index >= 15 is 0 Å². The van der Waals surface area contributed by atoms with Gasteiger partial charge in [0.25, 0.3) is 0 Å². The van der Waals surface area contributed by atoms with E-state index in [1.165, 1.54) is 26.2 Å². The van der Waals surface area contributed by atoms with Crippen LogP contribution in [0, 0.1) is 0 Å². The van der Waals surface area contributed by atoms with Crippen molar-refractivity contribution in [3.8, 4) is 0 Å². The lowest BCUT2D eigenvalue weighted by molar-refractivity contribution is -0.139. The number of halogens is 1. The molecule has 0 fully saturated rings. The molecule has 0 radical (unpaired) electrons. The molecule has 1 aromatic heterocycles. The van der Waals surface area contributed by atoms with E-state index in [1.807, 2.05) is 17.6 Å². The highest BCUT2D eigenvalue weighted by atomic mass is 35.5. The van der Waals surface area contributed by atoms with E-state index in [4.69, 9.17) is 16.3 Å². The summed E-state index contributed by atoms with van der Waals surface area (Å²) >= 11 is 5.93. The predicted octanol–water partition coefficient (Wildman–Crippen LogP) is 3.72. The topological polar surface area (TPSA) is 81.5 Å².